The molecule has 0 saturated carbocycles. The second kappa shape index (κ2) is 5.95. The van der Waals surface area contributed by atoms with Crippen LogP contribution in [-0.2, 0) is 22.6 Å². The Balaban J connectivity index is 1.91. The number of benzene rings is 1. The highest BCUT2D eigenvalue weighted by Gasteiger charge is 2.13. The van der Waals surface area contributed by atoms with Crippen LogP contribution in [0.25, 0.3) is 0 Å². The van der Waals surface area contributed by atoms with Gasteiger partial charge in [-0.3, -0.25) is 4.79 Å². The number of nitrogens with zero attached hydrogens (tertiary/aromatic N) is 2. The number of hydrogen-bond acceptors (Lipinski definition) is 4. The molecule has 1 aromatic heterocycles. The van der Waals surface area contributed by atoms with Gasteiger partial charge in [-0.25, -0.2) is 4.98 Å². The summed E-state index contributed by atoms with van der Waals surface area (Å²) in [6.45, 7) is 1.92. The SMILES string of the molecule is Cc1c[n+]([O-])c(CC(=O)OCc2ccccc2)cn1. The first kappa shape index (κ1) is 13.0. The molecule has 0 N–H and O–H groups in total. The van der Waals surface area contributed by atoms with Crippen molar-refractivity contribution in [1.82, 2.24) is 4.98 Å². The lowest BCUT2D eigenvalue weighted by atomic mass is 10.2. The fourth-order valence-electron chi connectivity index (χ4n) is 1.58. The van der Waals surface area contributed by atoms with Crippen molar-refractivity contribution in [3.05, 3.63) is 64.9 Å². The van der Waals surface area contributed by atoms with Crippen molar-refractivity contribution >= 4 is 5.97 Å². The first-order valence-electron chi connectivity index (χ1n) is 5.89. The lowest BCUT2D eigenvalue weighted by molar-refractivity contribution is -0.614. The van der Waals surface area contributed by atoms with Gasteiger partial charge in [0, 0.05) is 0 Å². The van der Waals surface area contributed by atoms with Gasteiger partial charge in [-0.15, -0.1) is 0 Å². The molecule has 0 spiro atoms. The lowest BCUT2D eigenvalue weighted by Gasteiger charge is -2.06. The highest BCUT2D eigenvalue weighted by Crippen LogP contribution is 2.02. The van der Waals surface area contributed by atoms with Gasteiger partial charge in [-0.2, -0.15) is 4.73 Å². The summed E-state index contributed by atoms with van der Waals surface area (Å²) >= 11 is 0. The van der Waals surface area contributed by atoms with E-state index in [-0.39, 0.29) is 18.7 Å². The van der Waals surface area contributed by atoms with Crippen LogP contribution in [0.4, 0.5) is 0 Å². The van der Waals surface area contributed by atoms with E-state index in [1.807, 2.05) is 30.3 Å². The van der Waals surface area contributed by atoms with Gasteiger partial charge in [0.25, 0.3) is 0 Å². The minimum Gasteiger partial charge on any atom is -0.618 e. The molecular weight excluding hydrogens is 244 g/mol. The predicted octanol–water partition coefficient (Wildman–Crippen LogP) is 1.31. The Hall–Kier alpha value is -2.43. The van der Waals surface area contributed by atoms with E-state index >= 15 is 0 Å². The maximum absolute atomic E-state index is 11.6. The summed E-state index contributed by atoms with van der Waals surface area (Å²) in [6.07, 6.45) is 2.65. The van der Waals surface area contributed by atoms with E-state index in [9.17, 15) is 10.0 Å². The first-order chi connectivity index (χ1) is 9.15. The Morgan fingerprint density at radius 2 is 2.11 bits per heavy atom. The van der Waals surface area contributed by atoms with Crippen molar-refractivity contribution in [2.45, 2.75) is 20.0 Å². The van der Waals surface area contributed by atoms with Gasteiger partial charge in [0.15, 0.2) is 0 Å². The van der Waals surface area contributed by atoms with E-state index in [1.54, 1.807) is 6.92 Å². The van der Waals surface area contributed by atoms with Crippen molar-refractivity contribution in [3.63, 3.8) is 0 Å². The average Bonchev–Trinajstić information content (AvgIpc) is 2.41. The minimum atomic E-state index is -0.445. The number of ether oxygens (including phenoxy) is 1. The third-order valence-electron chi connectivity index (χ3n) is 2.57. The molecule has 0 atom stereocenters. The minimum absolute atomic E-state index is 0.0797. The lowest BCUT2D eigenvalue weighted by Crippen LogP contribution is -2.34. The van der Waals surface area contributed by atoms with Crippen LogP contribution in [0.15, 0.2) is 42.7 Å². The number of carbonyl (C=O) groups excluding carboxylic acids is 1. The van der Waals surface area contributed by atoms with E-state index in [4.69, 9.17) is 4.74 Å². The topological polar surface area (TPSA) is 66.1 Å². The maximum atomic E-state index is 11.6. The molecule has 0 aliphatic rings. The Labute approximate surface area is 111 Å². The van der Waals surface area contributed by atoms with Crippen LogP contribution >= 0.6 is 0 Å². The molecule has 2 aromatic rings. The van der Waals surface area contributed by atoms with Crippen molar-refractivity contribution in [1.29, 1.82) is 0 Å². The molecule has 0 amide bonds. The molecule has 1 aromatic carbocycles. The quantitative estimate of drug-likeness (QED) is 0.471. The smallest absolute Gasteiger partial charge is 0.316 e. The average molecular weight is 258 g/mol. The molecule has 0 fully saturated rings. The van der Waals surface area contributed by atoms with Crippen LogP contribution in [0.5, 0.6) is 0 Å². The molecule has 0 saturated heterocycles. The molecule has 0 unspecified atom stereocenters. The number of hydrogen-bond donors (Lipinski definition) is 0. The summed E-state index contributed by atoms with van der Waals surface area (Å²) in [5.41, 5.74) is 1.80. The molecule has 98 valence electrons. The van der Waals surface area contributed by atoms with Crippen LogP contribution in [0.3, 0.4) is 0 Å². The van der Waals surface area contributed by atoms with E-state index in [1.165, 1.54) is 12.4 Å². The summed E-state index contributed by atoms with van der Waals surface area (Å²) < 4.78 is 5.74. The summed E-state index contributed by atoms with van der Waals surface area (Å²) in [6, 6.07) is 9.38. The van der Waals surface area contributed by atoms with Gasteiger partial charge in [0.05, 0.1) is 6.20 Å². The fraction of sp³-hybridized carbons (Fsp3) is 0.214. The zero-order chi connectivity index (χ0) is 13.7. The van der Waals surface area contributed by atoms with E-state index in [0.717, 1.165) is 5.56 Å². The van der Waals surface area contributed by atoms with E-state index in [0.29, 0.717) is 10.4 Å². The Kier molecular flexibility index (Phi) is 4.07. The molecule has 1 heterocycles. The van der Waals surface area contributed by atoms with E-state index < -0.39 is 5.97 Å². The molecule has 0 bridgehead atoms. The molecule has 0 radical (unpaired) electrons. The second-order valence-corrected chi connectivity index (χ2v) is 4.17. The molecule has 5 nitrogen and oxygen atoms in total. The summed E-state index contributed by atoms with van der Waals surface area (Å²) in [5.74, 6) is -0.445. The van der Waals surface area contributed by atoms with Crippen LogP contribution in [0, 0.1) is 12.1 Å². The standard InChI is InChI=1S/C14H14N2O3/c1-11-9-16(18)13(8-15-11)7-14(17)19-10-12-5-3-2-4-6-12/h2-6,8-9H,7,10H2,1H3. The third kappa shape index (κ3) is 3.77. The van der Waals surface area contributed by atoms with Gasteiger partial charge >= 0.3 is 5.97 Å². The highest BCUT2D eigenvalue weighted by atomic mass is 16.5. The number of aryl methyl sites for hydroxylation is 1. The largest absolute Gasteiger partial charge is 0.618 e. The van der Waals surface area contributed by atoms with Crippen molar-refractivity contribution in [2.75, 3.05) is 0 Å². The first-order valence-corrected chi connectivity index (χ1v) is 5.89. The van der Waals surface area contributed by atoms with Gasteiger partial charge < -0.3 is 9.94 Å². The molecule has 0 aliphatic heterocycles. The number of rotatable bonds is 4. The van der Waals surface area contributed by atoms with Gasteiger partial charge in [-0.1, -0.05) is 30.3 Å². The summed E-state index contributed by atoms with van der Waals surface area (Å²) in [7, 11) is 0. The zero-order valence-electron chi connectivity index (χ0n) is 10.6. The fourth-order valence-corrected chi connectivity index (χ4v) is 1.58. The van der Waals surface area contributed by atoms with E-state index in [2.05, 4.69) is 4.98 Å². The summed E-state index contributed by atoms with van der Waals surface area (Å²) in [5, 5.41) is 11.5. The zero-order valence-corrected chi connectivity index (χ0v) is 10.6. The monoisotopic (exact) mass is 258 g/mol. The van der Waals surface area contributed by atoms with Crippen LogP contribution < -0.4 is 4.73 Å². The molecule has 0 aliphatic carbocycles. The third-order valence-corrected chi connectivity index (χ3v) is 2.57. The van der Waals surface area contributed by atoms with Gasteiger partial charge in [0.2, 0.25) is 11.9 Å². The van der Waals surface area contributed by atoms with Crippen molar-refractivity contribution in [3.8, 4) is 0 Å². The number of esters is 1. The molecule has 2 rings (SSSR count). The van der Waals surface area contributed by atoms with Crippen molar-refractivity contribution < 1.29 is 14.3 Å². The van der Waals surface area contributed by atoms with Gasteiger partial charge in [0.1, 0.15) is 18.7 Å². The summed E-state index contributed by atoms with van der Waals surface area (Å²) in [4.78, 5) is 15.6. The highest BCUT2D eigenvalue weighted by molar-refractivity contribution is 5.71. The van der Waals surface area contributed by atoms with Crippen LogP contribution in [-0.4, -0.2) is 11.0 Å². The molecule has 5 heteroatoms. The Morgan fingerprint density at radius 3 is 2.79 bits per heavy atom. The molecular formula is C14H14N2O3. The van der Waals surface area contributed by atoms with Crippen LogP contribution in [0.2, 0.25) is 0 Å². The van der Waals surface area contributed by atoms with Gasteiger partial charge in [-0.05, 0) is 12.5 Å². The number of carbonyl (C=O) groups is 1. The number of aromatic nitrogens is 2. The van der Waals surface area contributed by atoms with Crippen LogP contribution in [0.1, 0.15) is 17.0 Å². The molecule has 19 heavy (non-hydrogen) atoms. The van der Waals surface area contributed by atoms with Crippen molar-refractivity contribution in [2.24, 2.45) is 0 Å². The maximum Gasteiger partial charge on any atom is 0.316 e. The predicted molar refractivity (Wildman–Crippen MR) is 67.9 cm³/mol. The second-order valence-electron chi connectivity index (χ2n) is 4.17. The normalized spacial score (nSPS) is 10.2. The Morgan fingerprint density at radius 1 is 1.37 bits per heavy atom. The Bertz CT molecular complexity index is 570.